The number of hydrogen-bond acceptors (Lipinski definition) is 7. The van der Waals surface area contributed by atoms with E-state index >= 15 is 0 Å². The van der Waals surface area contributed by atoms with Crippen LogP contribution in [0.5, 0.6) is 0 Å². The van der Waals surface area contributed by atoms with Gasteiger partial charge >= 0.3 is 6.03 Å². The maximum atomic E-state index is 14.7. The van der Waals surface area contributed by atoms with Crippen molar-refractivity contribution in [2.45, 2.75) is 130 Å². The molecule has 1 saturated heterocycles. The van der Waals surface area contributed by atoms with Gasteiger partial charge in [0.05, 0.1) is 24.7 Å². The van der Waals surface area contributed by atoms with Crippen molar-refractivity contribution in [3.05, 3.63) is 12.7 Å². The Hall–Kier alpha value is -2.50. The number of piperidine rings is 1. The number of ether oxygens (including phenoxy) is 1. The number of carbonyl (C=O) groups excluding carboxylic acids is 4. The Bertz CT molecular complexity index is 1100. The monoisotopic (exact) mass is 647 g/mol. The molecule has 5 N–H and O–H groups in total. The molecule has 0 aromatic carbocycles. The van der Waals surface area contributed by atoms with E-state index in [1.807, 2.05) is 27.7 Å². The second-order valence-electron chi connectivity index (χ2n) is 15.7. The molecular formula is C35H61N5O6. The first-order valence-corrected chi connectivity index (χ1v) is 17.3. The van der Waals surface area contributed by atoms with Crippen LogP contribution in [0.1, 0.15) is 99.8 Å². The third kappa shape index (κ3) is 8.69. The second-order valence-corrected chi connectivity index (χ2v) is 15.7. The summed E-state index contributed by atoms with van der Waals surface area (Å²) in [6, 6.07) is -3.00. The van der Waals surface area contributed by atoms with Crippen LogP contribution in [0.4, 0.5) is 4.79 Å². The molecule has 262 valence electrons. The molecule has 0 aromatic rings. The SMILES string of the molecule is C=CCNC(=O)C(=O)C(CCCC)NC(O)C1[C@@H]2[C@H](CN1C(=O)C(NC(=O)NC(COC)C(C)(C)C)C1(C)CCCCC1)C2(C)C. The van der Waals surface area contributed by atoms with Crippen molar-refractivity contribution in [3.8, 4) is 0 Å². The van der Waals surface area contributed by atoms with Crippen LogP contribution in [0.3, 0.4) is 0 Å². The lowest BCUT2D eigenvalue weighted by molar-refractivity contribution is -0.144. The molecular weight excluding hydrogens is 586 g/mol. The Kier molecular flexibility index (Phi) is 12.9. The molecule has 0 aromatic heterocycles. The molecule has 11 nitrogen and oxygen atoms in total. The number of aliphatic hydroxyl groups is 1. The molecule has 4 amide bonds. The summed E-state index contributed by atoms with van der Waals surface area (Å²) in [6.07, 6.45) is 6.78. The average molecular weight is 648 g/mol. The van der Waals surface area contributed by atoms with Crippen LogP contribution in [0.15, 0.2) is 12.7 Å². The lowest BCUT2D eigenvalue weighted by atomic mass is 9.70. The van der Waals surface area contributed by atoms with Gasteiger partial charge in [-0.1, -0.05) is 86.6 Å². The predicted octanol–water partition coefficient (Wildman–Crippen LogP) is 3.51. The molecule has 7 atom stereocenters. The Morgan fingerprint density at radius 1 is 1.09 bits per heavy atom. The van der Waals surface area contributed by atoms with E-state index in [0.29, 0.717) is 26.0 Å². The molecule has 0 bridgehead atoms. The molecule has 46 heavy (non-hydrogen) atoms. The van der Waals surface area contributed by atoms with Crippen molar-refractivity contribution >= 4 is 23.6 Å². The smallest absolute Gasteiger partial charge is 0.315 e. The number of methoxy groups -OCH3 is 1. The molecule has 3 aliphatic rings. The van der Waals surface area contributed by atoms with E-state index in [1.165, 1.54) is 6.08 Å². The fourth-order valence-electron chi connectivity index (χ4n) is 7.71. The number of nitrogens with one attached hydrogen (secondary N) is 4. The molecule has 1 aliphatic heterocycles. The summed E-state index contributed by atoms with van der Waals surface area (Å²) in [7, 11) is 1.60. The van der Waals surface area contributed by atoms with Crippen LogP contribution in [0, 0.1) is 28.1 Å². The highest BCUT2D eigenvalue weighted by Crippen LogP contribution is 2.65. The molecule has 3 rings (SSSR count). The normalized spacial score (nSPS) is 25.8. The zero-order valence-corrected chi connectivity index (χ0v) is 29.5. The van der Waals surface area contributed by atoms with Crippen LogP contribution in [-0.4, -0.2) is 90.8 Å². The number of aliphatic hydroxyl groups excluding tert-OH is 1. The molecule has 0 radical (unpaired) electrons. The van der Waals surface area contributed by atoms with E-state index in [1.54, 1.807) is 12.0 Å². The largest absolute Gasteiger partial charge is 0.383 e. The molecule has 2 aliphatic carbocycles. The summed E-state index contributed by atoms with van der Waals surface area (Å²) < 4.78 is 5.38. The van der Waals surface area contributed by atoms with Crippen molar-refractivity contribution in [2.75, 3.05) is 26.8 Å². The Balaban J connectivity index is 1.89. The topological polar surface area (TPSA) is 149 Å². The average Bonchev–Trinajstić information content (AvgIpc) is 3.30. The minimum Gasteiger partial charge on any atom is -0.383 e. The third-order valence-corrected chi connectivity index (χ3v) is 10.9. The number of rotatable bonds is 16. The highest BCUT2D eigenvalue weighted by molar-refractivity contribution is 6.38. The number of ketones is 1. The van der Waals surface area contributed by atoms with E-state index < -0.39 is 47.5 Å². The summed E-state index contributed by atoms with van der Waals surface area (Å²) in [6.45, 7) is 19.0. The lowest BCUT2D eigenvalue weighted by Gasteiger charge is -2.44. The van der Waals surface area contributed by atoms with Crippen molar-refractivity contribution in [3.63, 3.8) is 0 Å². The highest BCUT2D eigenvalue weighted by Gasteiger charge is 2.69. The van der Waals surface area contributed by atoms with E-state index in [9.17, 15) is 24.3 Å². The first kappa shape index (κ1) is 38.0. The molecule has 0 spiro atoms. The molecule has 5 unspecified atom stereocenters. The van der Waals surface area contributed by atoms with Crippen LogP contribution >= 0.6 is 0 Å². The number of nitrogens with zero attached hydrogens (tertiary/aromatic N) is 1. The standard InChI is InChI=1S/C35H61N5O6/c1-10-12-16-23(27(41)30(43)36-19-11-2)37-29(42)26-25-22(34(25,6)7)20-40(26)31(44)28(35(8)17-14-13-15-18-35)39-32(45)38-24(21-46-9)33(3,4)5/h11,22-26,28-29,37,42H,2,10,12-21H2,1,3-9H3,(H,36,43)(H2,38,39,45)/t22-,23?,24?,25-,26?,28?,29?/m0/s1. The van der Waals surface area contributed by atoms with Crippen molar-refractivity contribution in [2.24, 2.45) is 28.1 Å². The maximum absolute atomic E-state index is 14.7. The summed E-state index contributed by atoms with van der Waals surface area (Å²) in [5.74, 6) is -1.40. The van der Waals surface area contributed by atoms with Gasteiger partial charge in [-0.25, -0.2) is 4.79 Å². The summed E-state index contributed by atoms with van der Waals surface area (Å²) in [5.41, 5.74) is -0.818. The lowest BCUT2D eigenvalue weighted by Crippen LogP contribution is -2.64. The van der Waals surface area contributed by atoms with E-state index in [0.717, 1.165) is 38.5 Å². The van der Waals surface area contributed by atoms with Gasteiger partial charge in [0.15, 0.2) is 0 Å². The molecule has 1 heterocycles. The molecule has 2 saturated carbocycles. The van der Waals surface area contributed by atoms with Crippen molar-refractivity contribution in [1.82, 2.24) is 26.2 Å². The van der Waals surface area contributed by atoms with Crippen LogP contribution < -0.4 is 21.3 Å². The van der Waals surface area contributed by atoms with Crippen LogP contribution in [-0.2, 0) is 19.1 Å². The Morgan fingerprint density at radius 2 is 1.74 bits per heavy atom. The Labute approximate surface area is 276 Å². The Morgan fingerprint density at radius 3 is 2.30 bits per heavy atom. The third-order valence-electron chi connectivity index (χ3n) is 10.9. The number of unbranched alkanes of at least 4 members (excludes halogenated alkanes) is 1. The maximum Gasteiger partial charge on any atom is 0.315 e. The summed E-state index contributed by atoms with van der Waals surface area (Å²) >= 11 is 0. The van der Waals surface area contributed by atoms with Gasteiger partial charge in [-0.05, 0) is 47.3 Å². The van der Waals surface area contributed by atoms with Crippen LogP contribution in [0.2, 0.25) is 0 Å². The van der Waals surface area contributed by atoms with E-state index in [2.05, 4.69) is 48.6 Å². The van der Waals surface area contributed by atoms with Gasteiger partial charge < -0.3 is 30.7 Å². The van der Waals surface area contributed by atoms with Gasteiger partial charge in [-0.3, -0.25) is 19.7 Å². The second kappa shape index (κ2) is 15.6. The van der Waals surface area contributed by atoms with Gasteiger partial charge in [-0.15, -0.1) is 6.58 Å². The number of hydrogen-bond donors (Lipinski definition) is 5. The van der Waals surface area contributed by atoms with E-state index in [-0.39, 0.29) is 41.2 Å². The minimum atomic E-state index is -1.24. The number of Topliss-reactive ketones (excluding diaryl/α,β-unsaturated/α-hetero) is 1. The van der Waals surface area contributed by atoms with Gasteiger partial charge in [0.2, 0.25) is 11.7 Å². The highest BCUT2D eigenvalue weighted by atomic mass is 16.5. The fraction of sp³-hybridized carbons (Fsp3) is 0.829. The molecule has 3 fully saturated rings. The summed E-state index contributed by atoms with van der Waals surface area (Å²) in [4.78, 5) is 55.7. The number of fused-ring (bicyclic) bond motifs is 1. The number of carbonyl (C=O) groups is 4. The van der Waals surface area contributed by atoms with Crippen LogP contribution in [0.25, 0.3) is 0 Å². The van der Waals surface area contributed by atoms with Gasteiger partial charge in [0, 0.05) is 20.2 Å². The van der Waals surface area contributed by atoms with Gasteiger partial charge in [-0.2, -0.15) is 0 Å². The van der Waals surface area contributed by atoms with Gasteiger partial charge in [0.25, 0.3) is 5.91 Å². The predicted molar refractivity (Wildman–Crippen MR) is 179 cm³/mol. The van der Waals surface area contributed by atoms with E-state index in [4.69, 9.17) is 4.74 Å². The van der Waals surface area contributed by atoms with Crippen molar-refractivity contribution in [1.29, 1.82) is 0 Å². The number of amides is 4. The first-order chi connectivity index (χ1) is 21.5. The fourth-order valence-corrected chi connectivity index (χ4v) is 7.71. The quantitative estimate of drug-likeness (QED) is 0.0978. The first-order valence-electron chi connectivity index (χ1n) is 17.3. The van der Waals surface area contributed by atoms with Gasteiger partial charge in [0.1, 0.15) is 12.3 Å². The minimum absolute atomic E-state index is 0.0103. The zero-order valence-electron chi connectivity index (χ0n) is 29.5. The number of likely N-dealkylation sites (tertiary alicyclic amines) is 1. The molecule has 11 heteroatoms. The van der Waals surface area contributed by atoms with Crippen molar-refractivity contribution < 1.29 is 29.0 Å². The zero-order chi connectivity index (χ0) is 34.4. The number of urea groups is 1. The summed E-state index contributed by atoms with van der Waals surface area (Å²) in [5, 5.41) is 23.5.